The number of carbonyl (C=O) groups excluding carboxylic acids is 1. The molecule has 0 aliphatic carbocycles. The van der Waals surface area contributed by atoms with E-state index in [4.69, 9.17) is 14.7 Å². The topological polar surface area (TPSA) is 85.9 Å². The number of hydrogen-bond donors (Lipinski definition) is 1. The number of rotatable bonds is 8. The largest absolute Gasteiger partial charge is 0.465 e. The number of esters is 1. The van der Waals surface area contributed by atoms with Gasteiger partial charge in [0.15, 0.2) is 0 Å². The summed E-state index contributed by atoms with van der Waals surface area (Å²) in [6.07, 6.45) is 1.87. The van der Waals surface area contributed by atoms with Crippen molar-refractivity contribution in [2.75, 3.05) is 6.61 Å². The van der Waals surface area contributed by atoms with Gasteiger partial charge in [-0.1, -0.05) is 42.4 Å². The number of aromatic nitrogens is 2. The van der Waals surface area contributed by atoms with Crippen molar-refractivity contribution < 1.29 is 23.9 Å². The number of ether oxygens (including phenoxy) is 2. The Morgan fingerprint density at radius 2 is 1.94 bits per heavy atom. The summed E-state index contributed by atoms with van der Waals surface area (Å²) >= 11 is 0. The van der Waals surface area contributed by atoms with Crippen LogP contribution in [-0.2, 0) is 17.7 Å². The fraction of sp³-hybridized carbons (Fsp3) is 0.346. The van der Waals surface area contributed by atoms with Gasteiger partial charge >= 0.3 is 5.97 Å². The summed E-state index contributed by atoms with van der Waals surface area (Å²) in [7, 11) is 0. The van der Waals surface area contributed by atoms with E-state index in [2.05, 4.69) is 10.1 Å². The molecule has 1 N–H and O–H groups in total. The Labute approximate surface area is 198 Å². The lowest BCUT2D eigenvalue weighted by Crippen LogP contribution is -2.24. The van der Waals surface area contributed by atoms with E-state index in [9.17, 15) is 4.79 Å². The first-order valence-corrected chi connectivity index (χ1v) is 11.2. The minimum absolute atomic E-state index is 0.128. The zero-order chi connectivity index (χ0) is 24.9. The third kappa shape index (κ3) is 5.62. The summed E-state index contributed by atoms with van der Waals surface area (Å²) in [6.45, 7) is 9.68. The Morgan fingerprint density at radius 3 is 2.56 bits per heavy atom. The molecule has 0 aliphatic rings. The summed E-state index contributed by atoms with van der Waals surface area (Å²) in [5.41, 5.74) is 2.50. The Balaban J connectivity index is 1.99. The quantitative estimate of drug-likeness (QED) is 0.206. The number of halogens is 1. The van der Waals surface area contributed by atoms with Crippen LogP contribution in [0, 0.1) is 5.82 Å². The molecule has 0 saturated carbocycles. The van der Waals surface area contributed by atoms with Crippen molar-refractivity contribution in [3.63, 3.8) is 0 Å². The van der Waals surface area contributed by atoms with Crippen molar-refractivity contribution >= 4 is 12.2 Å². The van der Waals surface area contributed by atoms with Crippen molar-refractivity contribution in [2.24, 2.45) is 5.16 Å². The van der Waals surface area contributed by atoms with Gasteiger partial charge in [-0.2, -0.15) is 4.98 Å². The van der Waals surface area contributed by atoms with E-state index >= 15 is 4.39 Å². The maximum Gasteiger partial charge on any atom is 0.339 e. The molecule has 1 heterocycles. The lowest BCUT2D eigenvalue weighted by atomic mass is 9.98. The molecule has 2 aromatic carbocycles. The average Bonchev–Trinajstić information content (AvgIpc) is 3.10. The predicted molar refractivity (Wildman–Crippen MR) is 128 cm³/mol. The molecule has 8 heteroatoms. The van der Waals surface area contributed by atoms with Crippen molar-refractivity contribution in [1.82, 2.24) is 9.55 Å². The first kappa shape index (κ1) is 25.0. The van der Waals surface area contributed by atoms with Gasteiger partial charge in [-0.25, -0.2) is 9.18 Å². The minimum atomic E-state index is -0.644. The van der Waals surface area contributed by atoms with Crippen LogP contribution in [0.25, 0.3) is 11.1 Å². The second-order valence-corrected chi connectivity index (χ2v) is 8.70. The predicted octanol–water partition coefficient (Wildman–Crippen LogP) is 5.46. The molecule has 0 radical (unpaired) electrons. The average molecular weight is 468 g/mol. The summed E-state index contributed by atoms with van der Waals surface area (Å²) in [4.78, 5) is 17.2. The molecule has 3 rings (SSSR count). The summed E-state index contributed by atoms with van der Waals surface area (Å²) in [6, 6.07) is 12.1. The number of nitrogens with zero attached hydrogens (tertiary/aromatic N) is 3. The first-order valence-electron chi connectivity index (χ1n) is 11.2. The lowest BCUT2D eigenvalue weighted by Gasteiger charge is -2.20. The van der Waals surface area contributed by atoms with Crippen LogP contribution in [0.3, 0.4) is 0 Å². The Bertz CT molecular complexity index is 1200. The van der Waals surface area contributed by atoms with Crippen LogP contribution in [0.15, 0.2) is 47.6 Å². The monoisotopic (exact) mass is 467 g/mol. The van der Waals surface area contributed by atoms with Gasteiger partial charge in [0.1, 0.15) is 11.4 Å². The third-order valence-corrected chi connectivity index (χ3v) is 5.07. The van der Waals surface area contributed by atoms with Gasteiger partial charge in [-0.3, -0.25) is 4.57 Å². The molecule has 3 aromatic rings. The van der Waals surface area contributed by atoms with E-state index in [1.165, 1.54) is 12.3 Å². The summed E-state index contributed by atoms with van der Waals surface area (Å²) < 4.78 is 28.1. The maximum absolute atomic E-state index is 15.3. The second-order valence-electron chi connectivity index (χ2n) is 8.70. The third-order valence-electron chi connectivity index (χ3n) is 5.07. The van der Waals surface area contributed by atoms with Gasteiger partial charge in [-0.15, -0.1) is 0 Å². The molecule has 0 bridgehead atoms. The summed E-state index contributed by atoms with van der Waals surface area (Å²) in [5, 5.41) is 12.2. The zero-order valence-electron chi connectivity index (χ0n) is 20.1. The van der Waals surface area contributed by atoms with Crippen molar-refractivity contribution in [3.8, 4) is 17.1 Å². The van der Waals surface area contributed by atoms with Crippen LogP contribution < -0.4 is 4.74 Å². The number of aryl methyl sites for hydroxylation is 1. The van der Waals surface area contributed by atoms with E-state index in [1.807, 2.05) is 13.8 Å². The van der Waals surface area contributed by atoms with Crippen molar-refractivity contribution in [2.45, 2.75) is 53.2 Å². The van der Waals surface area contributed by atoms with Crippen molar-refractivity contribution in [3.05, 3.63) is 70.8 Å². The van der Waals surface area contributed by atoms with E-state index in [-0.39, 0.29) is 6.54 Å². The minimum Gasteiger partial charge on any atom is -0.465 e. The Hall–Kier alpha value is -3.68. The highest BCUT2D eigenvalue weighted by Gasteiger charge is 2.22. The molecule has 1 aromatic heterocycles. The van der Waals surface area contributed by atoms with Gasteiger partial charge in [0, 0.05) is 5.56 Å². The Kier molecular flexibility index (Phi) is 7.71. The summed E-state index contributed by atoms with van der Waals surface area (Å²) in [5.74, 6) is -0.912. The normalized spacial score (nSPS) is 11.7. The number of hydrogen-bond acceptors (Lipinski definition) is 6. The SMILES string of the molecule is CCOc1nc(CC)c(/C=N\O)n1Cc1ccc(-c2ccccc2C(=O)OC(C)(C)C)cc1F. The van der Waals surface area contributed by atoms with Crippen LogP contribution in [0.5, 0.6) is 6.01 Å². The molecular formula is C26H30FN3O4. The maximum atomic E-state index is 15.3. The van der Waals surface area contributed by atoms with E-state index in [0.29, 0.717) is 52.7 Å². The number of carbonyl (C=O) groups is 1. The number of benzene rings is 2. The number of imidazole rings is 1. The Morgan fingerprint density at radius 1 is 1.21 bits per heavy atom. The molecule has 0 spiro atoms. The lowest BCUT2D eigenvalue weighted by molar-refractivity contribution is 0.00704. The van der Waals surface area contributed by atoms with E-state index in [0.717, 1.165) is 0 Å². The van der Waals surface area contributed by atoms with Crippen LogP contribution in [0.1, 0.15) is 61.9 Å². The fourth-order valence-electron chi connectivity index (χ4n) is 3.60. The first-order chi connectivity index (χ1) is 16.2. The van der Waals surface area contributed by atoms with Crippen LogP contribution in [0.2, 0.25) is 0 Å². The molecule has 0 amide bonds. The highest BCUT2D eigenvalue weighted by atomic mass is 19.1. The van der Waals surface area contributed by atoms with Gasteiger partial charge in [0.05, 0.1) is 36.3 Å². The van der Waals surface area contributed by atoms with Crippen LogP contribution in [-0.4, -0.2) is 39.2 Å². The highest BCUT2D eigenvalue weighted by Crippen LogP contribution is 2.28. The fourth-order valence-corrected chi connectivity index (χ4v) is 3.60. The van der Waals surface area contributed by atoms with Gasteiger partial charge in [-0.05, 0) is 57.4 Å². The molecule has 34 heavy (non-hydrogen) atoms. The number of oxime groups is 1. The van der Waals surface area contributed by atoms with Gasteiger partial charge in [0.2, 0.25) is 0 Å². The highest BCUT2D eigenvalue weighted by molar-refractivity contribution is 5.97. The van der Waals surface area contributed by atoms with E-state index in [1.54, 1.807) is 61.7 Å². The molecule has 0 fully saturated rings. The molecule has 0 atom stereocenters. The smallest absolute Gasteiger partial charge is 0.339 e. The molecule has 0 unspecified atom stereocenters. The zero-order valence-corrected chi connectivity index (χ0v) is 20.1. The van der Waals surface area contributed by atoms with Crippen molar-refractivity contribution in [1.29, 1.82) is 0 Å². The van der Waals surface area contributed by atoms with Crippen LogP contribution in [0.4, 0.5) is 4.39 Å². The van der Waals surface area contributed by atoms with Crippen LogP contribution >= 0.6 is 0 Å². The molecule has 180 valence electrons. The van der Waals surface area contributed by atoms with Gasteiger partial charge < -0.3 is 14.7 Å². The second kappa shape index (κ2) is 10.5. The van der Waals surface area contributed by atoms with E-state index < -0.39 is 17.4 Å². The molecule has 7 nitrogen and oxygen atoms in total. The standard InChI is InChI=1S/C26H30FN3O4/c1-6-22-23(15-28-32)30(25(29-22)33-7-2)16-18-13-12-17(14-21(18)27)19-10-8-9-11-20(19)24(31)34-26(3,4)5/h8-15,32H,6-7,16H2,1-5H3/b28-15-. The molecular weight excluding hydrogens is 437 g/mol. The van der Waals surface area contributed by atoms with Gasteiger partial charge in [0.25, 0.3) is 6.01 Å². The molecule has 0 aliphatic heterocycles. The molecule has 0 saturated heterocycles.